The van der Waals surface area contributed by atoms with Crippen LogP contribution in [0.1, 0.15) is 31.2 Å². The van der Waals surface area contributed by atoms with Gasteiger partial charge in [0.25, 0.3) is 0 Å². The maximum Gasteiger partial charge on any atom is 0.245 e. The van der Waals surface area contributed by atoms with E-state index in [1.807, 2.05) is 10.7 Å². The molecule has 1 aromatic heterocycles. The molecule has 4 rings (SSSR count). The molecule has 0 saturated carbocycles. The maximum absolute atomic E-state index is 5.91. The predicted molar refractivity (Wildman–Crippen MR) is 87.3 cm³/mol. The highest BCUT2D eigenvalue weighted by atomic mass is 16.5. The van der Waals surface area contributed by atoms with Gasteiger partial charge in [0.1, 0.15) is 0 Å². The molecule has 0 amide bonds. The molecule has 6 heteroatoms. The van der Waals surface area contributed by atoms with Crippen molar-refractivity contribution >= 4 is 5.95 Å². The van der Waals surface area contributed by atoms with Gasteiger partial charge in [-0.15, -0.1) is 0 Å². The van der Waals surface area contributed by atoms with Crippen LogP contribution in [0.4, 0.5) is 5.95 Å². The molecule has 0 bridgehead atoms. The molecule has 0 radical (unpaired) electrons. The lowest BCUT2D eigenvalue weighted by atomic mass is 10.1. The highest BCUT2D eigenvalue weighted by Gasteiger charge is 2.36. The first-order valence-corrected chi connectivity index (χ1v) is 8.60. The zero-order valence-electron chi connectivity index (χ0n) is 13.3. The van der Waals surface area contributed by atoms with Gasteiger partial charge in [-0.2, -0.15) is 0 Å². The minimum absolute atomic E-state index is 0.344. The molecule has 2 fully saturated rings. The number of nitrogens with zero attached hydrogens (tertiary/aromatic N) is 5. The molecule has 2 aliphatic heterocycles. The summed E-state index contributed by atoms with van der Waals surface area (Å²) < 4.78 is 7.86. The second-order valence-electron chi connectivity index (χ2n) is 6.39. The molecule has 2 saturated heterocycles. The second kappa shape index (κ2) is 6.66. The molecule has 2 atom stereocenters. The molecule has 6 nitrogen and oxygen atoms in total. The topological polar surface area (TPSA) is 56.1 Å². The Morgan fingerprint density at radius 1 is 1.13 bits per heavy atom. The van der Waals surface area contributed by atoms with Crippen LogP contribution in [0.25, 0.3) is 0 Å². The van der Waals surface area contributed by atoms with Gasteiger partial charge in [-0.1, -0.05) is 35.4 Å². The molecule has 122 valence electrons. The maximum atomic E-state index is 5.91. The number of ether oxygens (including phenoxy) is 1. The van der Waals surface area contributed by atoms with Crippen molar-refractivity contribution in [3.05, 3.63) is 35.9 Å². The quantitative estimate of drug-likeness (QED) is 0.846. The largest absolute Gasteiger partial charge is 0.376 e. The SMILES string of the molecule is c1ccc(CCn2nnnc2N2CCCC2C2CCCO2)cc1. The second-order valence-corrected chi connectivity index (χ2v) is 6.39. The molecule has 2 aliphatic rings. The summed E-state index contributed by atoms with van der Waals surface area (Å²) in [6.07, 6.45) is 5.99. The van der Waals surface area contributed by atoms with Gasteiger partial charge in [0.2, 0.25) is 5.95 Å². The van der Waals surface area contributed by atoms with Gasteiger partial charge >= 0.3 is 0 Å². The van der Waals surface area contributed by atoms with Crippen LogP contribution in [0.15, 0.2) is 30.3 Å². The monoisotopic (exact) mass is 313 g/mol. The Kier molecular flexibility index (Phi) is 4.24. The van der Waals surface area contributed by atoms with Crippen LogP contribution >= 0.6 is 0 Å². The smallest absolute Gasteiger partial charge is 0.245 e. The first-order chi connectivity index (χ1) is 11.4. The molecular weight excluding hydrogens is 290 g/mol. The van der Waals surface area contributed by atoms with Crippen molar-refractivity contribution in [3.63, 3.8) is 0 Å². The van der Waals surface area contributed by atoms with E-state index in [9.17, 15) is 0 Å². The number of aromatic nitrogens is 4. The van der Waals surface area contributed by atoms with E-state index in [0.29, 0.717) is 12.1 Å². The lowest BCUT2D eigenvalue weighted by Gasteiger charge is -2.29. The summed E-state index contributed by atoms with van der Waals surface area (Å²) in [6, 6.07) is 10.9. The highest BCUT2D eigenvalue weighted by Crippen LogP contribution is 2.30. The average Bonchev–Trinajstić information content (AvgIpc) is 3.32. The Balaban J connectivity index is 1.47. The van der Waals surface area contributed by atoms with Crippen LogP contribution in [0.5, 0.6) is 0 Å². The summed E-state index contributed by atoms with van der Waals surface area (Å²) in [4.78, 5) is 2.36. The molecule has 3 heterocycles. The van der Waals surface area contributed by atoms with E-state index < -0.39 is 0 Å². The molecule has 1 aromatic carbocycles. The van der Waals surface area contributed by atoms with Gasteiger partial charge in [-0.3, -0.25) is 0 Å². The predicted octanol–water partition coefficient (Wildman–Crippen LogP) is 2.06. The van der Waals surface area contributed by atoms with E-state index in [-0.39, 0.29) is 0 Å². The van der Waals surface area contributed by atoms with Crippen LogP contribution < -0.4 is 4.90 Å². The fraction of sp³-hybridized carbons (Fsp3) is 0.588. The van der Waals surface area contributed by atoms with Crippen LogP contribution in [0.2, 0.25) is 0 Å². The number of benzene rings is 1. The highest BCUT2D eigenvalue weighted by molar-refractivity contribution is 5.33. The van der Waals surface area contributed by atoms with Crippen LogP contribution in [0.3, 0.4) is 0 Å². The number of aryl methyl sites for hydroxylation is 2. The van der Waals surface area contributed by atoms with Crippen molar-refractivity contribution in [2.45, 2.75) is 50.8 Å². The fourth-order valence-corrected chi connectivity index (χ4v) is 3.76. The molecule has 0 N–H and O–H groups in total. The Morgan fingerprint density at radius 2 is 2.04 bits per heavy atom. The van der Waals surface area contributed by atoms with Gasteiger partial charge in [0, 0.05) is 13.2 Å². The minimum atomic E-state index is 0.344. The van der Waals surface area contributed by atoms with Crippen LogP contribution in [0, 0.1) is 0 Å². The third kappa shape index (κ3) is 3.08. The molecular formula is C17H23N5O. The number of rotatable bonds is 5. The Morgan fingerprint density at radius 3 is 2.87 bits per heavy atom. The van der Waals surface area contributed by atoms with E-state index in [1.165, 1.54) is 24.8 Å². The van der Waals surface area contributed by atoms with Gasteiger partial charge in [0.15, 0.2) is 0 Å². The third-order valence-corrected chi connectivity index (χ3v) is 4.92. The summed E-state index contributed by atoms with van der Waals surface area (Å²) in [7, 11) is 0. The fourth-order valence-electron chi connectivity index (χ4n) is 3.76. The zero-order chi connectivity index (χ0) is 15.5. The van der Waals surface area contributed by atoms with Crippen LogP contribution in [-0.4, -0.2) is 45.5 Å². The van der Waals surface area contributed by atoms with Crippen molar-refractivity contribution in [3.8, 4) is 0 Å². The first-order valence-electron chi connectivity index (χ1n) is 8.60. The van der Waals surface area contributed by atoms with Crippen molar-refractivity contribution in [1.29, 1.82) is 0 Å². The number of anilines is 1. The van der Waals surface area contributed by atoms with Crippen molar-refractivity contribution in [1.82, 2.24) is 20.2 Å². The summed E-state index contributed by atoms with van der Waals surface area (Å²) >= 11 is 0. The van der Waals surface area contributed by atoms with E-state index in [2.05, 4.69) is 44.7 Å². The molecule has 2 aromatic rings. The first kappa shape index (κ1) is 14.6. The van der Waals surface area contributed by atoms with Crippen molar-refractivity contribution in [2.75, 3.05) is 18.1 Å². The number of hydrogen-bond acceptors (Lipinski definition) is 5. The van der Waals surface area contributed by atoms with E-state index in [1.54, 1.807) is 0 Å². The van der Waals surface area contributed by atoms with Crippen LogP contribution in [-0.2, 0) is 17.7 Å². The number of hydrogen-bond donors (Lipinski definition) is 0. The lowest BCUT2D eigenvalue weighted by molar-refractivity contribution is 0.0904. The third-order valence-electron chi connectivity index (χ3n) is 4.92. The van der Waals surface area contributed by atoms with Gasteiger partial charge in [-0.25, -0.2) is 4.68 Å². The number of tetrazole rings is 1. The van der Waals surface area contributed by atoms with Crippen molar-refractivity contribution < 1.29 is 4.74 Å². The lowest BCUT2D eigenvalue weighted by Crippen LogP contribution is -2.40. The van der Waals surface area contributed by atoms with Crippen molar-refractivity contribution in [2.24, 2.45) is 0 Å². The minimum Gasteiger partial charge on any atom is -0.376 e. The average molecular weight is 313 g/mol. The summed E-state index contributed by atoms with van der Waals surface area (Å²) in [5.74, 6) is 0.902. The Bertz CT molecular complexity index is 623. The molecule has 0 spiro atoms. The molecule has 2 unspecified atom stereocenters. The van der Waals surface area contributed by atoms with E-state index in [0.717, 1.165) is 38.5 Å². The summed E-state index contributed by atoms with van der Waals surface area (Å²) in [6.45, 7) is 2.73. The summed E-state index contributed by atoms with van der Waals surface area (Å²) in [5.41, 5.74) is 1.31. The Labute approximate surface area is 136 Å². The van der Waals surface area contributed by atoms with Gasteiger partial charge < -0.3 is 9.64 Å². The molecule has 23 heavy (non-hydrogen) atoms. The molecule has 0 aliphatic carbocycles. The standard InChI is InChI=1S/C17H23N5O/c1-2-6-14(7-3-1)10-12-22-17(18-19-20-22)21-11-4-8-15(21)16-9-5-13-23-16/h1-3,6-7,15-16H,4-5,8-13H2. The van der Waals surface area contributed by atoms with Gasteiger partial charge in [-0.05, 0) is 48.1 Å². The zero-order valence-corrected chi connectivity index (χ0v) is 13.3. The normalized spacial score (nSPS) is 24.4. The van der Waals surface area contributed by atoms with Gasteiger partial charge in [0.05, 0.1) is 18.7 Å². The van der Waals surface area contributed by atoms with E-state index in [4.69, 9.17) is 4.74 Å². The summed E-state index contributed by atoms with van der Waals surface area (Å²) in [5, 5.41) is 12.4. The Hall–Kier alpha value is -1.95. The van der Waals surface area contributed by atoms with E-state index >= 15 is 0 Å².